The van der Waals surface area contributed by atoms with E-state index in [4.69, 9.17) is 10.5 Å². The number of nitrogens with zero attached hydrogens (tertiary/aromatic N) is 1. The summed E-state index contributed by atoms with van der Waals surface area (Å²) in [6.45, 7) is 1.97. The van der Waals surface area contributed by atoms with Crippen LogP contribution in [0.3, 0.4) is 0 Å². The minimum Gasteiger partial charge on any atom is -0.495 e. The number of amides is 1. The highest BCUT2D eigenvalue weighted by atomic mass is 16.5. The number of imidazole rings is 1. The predicted octanol–water partition coefficient (Wildman–Crippen LogP) is 1.88. The van der Waals surface area contributed by atoms with Crippen LogP contribution < -0.4 is 15.8 Å². The van der Waals surface area contributed by atoms with Crippen molar-refractivity contribution in [2.75, 3.05) is 12.8 Å². The van der Waals surface area contributed by atoms with Crippen molar-refractivity contribution in [2.45, 2.75) is 19.4 Å². The third-order valence-electron chi connectivity index (χ3n) is 3.09. The number of ether oxygens (including phenoxy) is 1. The molecule has 1 heterocycles. The van der Waals surface area contributed by atoms with Crippen LogP contribution in [0.1, 0.15) is 35.6 Å². The van der Waals surface area contributed by atoms with Crippen molar-refractivity contribution < 1.29 is 9.53 Å². The van der Waals surface area contributed by atoms with E-state index in [1.807, 2.05) is 6.92 Å². The fourth-order valence-electron chi connectivity index (χ4n) is 1.99. The van der Waals surface area contributed by atoms with Crippen molar-refractivity contribution >= 4 is 11.6 Å². The van der Waals surface area contributed by atoms with Crippen LogP contribution in [0.15, 0.2) is 30.6 Å². The topological polar surface area (TPSA) is 93.0 Å². The third kappa shape index (κ3) is 2.74. The van der Waals surface area contributed by atoms with Gasteiger partial charge in [-0.15, -0.1) is 0 Å². The van der Waals surface area contributed by atoms with Gasteiger partial charge in [-0.05, 0) is 18.6 Å². The first kappa shape index (κ1) is 13.9. The molecule has 4 N–H and O–H groups in total. The van der Waals surface area contributed by atoms with Gasteiger partial charge < -0.3 is 20.8 Å². The van der Waals surface area contributed by atoms with Crippen LogP contribution in [0.25, 0.3) is 0 Å². The lowest BCUT2D eigenvalue weighted by atomic mass is 10.1. The fourth-order valence-corrected chi connectivity index (χ4v) is 1.99. The molecule has 0 saturated heterocycles. The maximum absolute atomic E-state index is 12.3. The Kier molecular flexibility index (Phi) is 4.24. The van der Waals surface area contributed by atoms with Crippen LogP contribution in [-0.4, -0.2) is 23.0 Å². The standard InChI is InChI=1S/C14H18N4O2/c1-3-10(13-16-7-8-17-13)18-14(19)9-5-4-6-11(20-2)12(9)15/h4-8,10H,3,15H2,1-2H3,(H,16,17)(H,18,19). The number of nitrogens with two attached hydrogens (primary N) is 1. The highest BCUT2D eigenvalue weighted by Gasteiger charge is 2.18. The Labute approximate surface area is 117 Å². The number of aromatic amines is 1. The van der Waals surface area contributed by atoms with E-state index < -0.39 is 0 Å². The van der Waals surface area contributed by atoms with Gasteiger partial charge in [0.05, 0.1) is 24.4 Å². The molecule has 0 saturated carbocycles. The Balaban J connectivity index is 2.19. The molecule has 1 aromatic heterocycles. The predicted molar refractivity (Wildman–Crippen MR) is 76.5 cm³/mol. The lowest BCUT2D eigenvalue weighted by Gasteiger charge is -2.16. The number of benzene rings is 1. The molecule has 1 amide bonds. The Morgan fingerprint density at radius 3 is 2.95 bits per heavy atom. The summed E-state index contributed by atoms with van der Waals surface area (Å²) in [7, 11) is 1.52. The summed E-state index contributed by atoms with van der Waals surface area (Å²) < 4.78 is 5.12. The van der Waals surface area contributed by atoms with Gasteiger partial charge in [-0.2, -0.15) is 0 Å². The summed E-state index contributed by atoms with van der Waals surface area (Å²) in [6.07, 6.45) is 4.11. The Bertz CT molecular complexity index is 581. The molecular formula is C14H18N4O2. The van der Waals surface area contributed by atoms with Crippen LogP contribution in [0, 0.1) is 0 Å². The van der Waals surface area contributed by atoms with Gasteiger partial charge in [0, 0.05) is 12.4 Å². The summed E-state index contributed by atoms with van der Waals surface area (Å²) in [5.74, 6) is 0.968. The number of nitrogens with one attached hydrogen (secondary N) is 2. The van der Waals surface area contributed by atoms with Crippen LogP contribution in [-0.2, 0) is 0 Å². The van der Waals surface area contributed by atoms with Crippen LogP contribution in [0.4, 0.5) is 5.69 Å². The molecule has 6 heteroatoms. The monoisotopic (exact) mass is 274 g/mol. The molecule has 1 atom stereocenters. The zero-order valence-corrected chi connectivity index (χ0v) is 11.5. The number of methoxy groups -OCH3 is 1. The molecule has 2 rings (SSSR count). The third-order valence-corrected chi connectivity index (χ3v) is 3.09. The second-order valence-electron chi connectivity index (χ2n) is 4.33. The minimum atomic E-state index is -0.246. The van der Waals surface area contributed by atoms with E-state index in [1.165, 1.54) is 7.11 Å². The Morgan fingerprint density at radius 2 is 2.35 bits per heavy atom. The number of hydrogen-bond acceptors (Lipinski definition) is 4. The first-order valence-corrected chi connectivity index (χ1v) is 6.40. The van der Waals surface area contributed by atoms with Crippen LogP contribution in [0.5, 0.6) is 5.75 Å². The van der Waals surface area contributed by atoms with Gasteiger partial charge in [-0.25, -0.2) is 4.98 Å². The van der Waals surface area contributed by atoms with Crippen molar-refractivity contribution in [1.82, 2.24) is 15.3 Å². The van der Waals surface area contributed by atoms with Gasteiger partial charge in [0.2, 0.25) is 0 Å². The van der Waals surface area contributed by atoms with Crippen molar-refractivity contribution in [3.63, 3.8) is 0 Å². The number of para-hydroxylation sites is 1. The van der Waals surface area contributed by atoms with Crippen LogP contribution in [0.2, 0.25) is 0 Å². The fraction of sp³-hybridized carbons (Fsp3) is 0.286. The summed E-state index contributed by atoms with van der Waals surface area (Å²) in [5, 5.41) is 2.91. The normalized spacial score (nSPS) is 11.9. The smallest absolute Gasteiger partial charge is 0.254 e. The van der Waals surface area contributed by atoms with Crippen LogP contribution >= 0.6 is 0 Å². The number of carbonyl (C=O) groups excluding carboxylic acids is 1. The average molecular weight is 274 g/mol. The number of aromatic nitrogens is 2. The second kappa shape index (κ2) is 6.10. The van der Waals surface area contributed by atoms with Crippen molar-refractivity contribution in [2.24, 2.45) is 0 Å². The lowest BCUT2D eigenvalue weighted by molar-refractivity contribution is 0.0934. The molecule has 0 bridgehead atoms. The van der Waals surface area contributed by atoms with E-state index in [1.54, 1.807) is 30.6 Å². The summed E-state index contributed by atoms with van der Waals surface area (Å²) >= 11 is 0. The second-order valence-corrected chi connectivity index (χ2v) is 4.33. The molecule has 6 nitrogen and oxygen atoms in total. The van der Waals surface area contributed by atoms with Gasteiger partial charge in [0.25, 0.3) is 5.91 Å². The molecule has 0 aliphatic rings. The number of hydrogen-bond donors (Lipinski definition) is 3. The Morgan fingerprint density at radius 1 is 1.55 bits per heavy atom. The van der Waals surface area contributed by atoms with Gasteiger partial charge in [0.1, 0.15) is 11.6 Å². The van der Waals surface area contributed by atoms with Gasteiger partial charge in [0.15, 0.2) is 0 Å². The zero-order valence-electron chi connectivity index (χ0n) is 11.5. The maximum Gasteiger partial charge on any atom is 0.254 e. The molecule has 1 unspecified atom stereocenters. The molecule has 20 heavy (non-hydrogen) atoms. The van der Waals surface area contributed by atoms with E-state index in [2.05, 4.69) is 15.3 Å². The SMILES string of the molecule is CCC(NC(=O)c1cccc(OC)c1N)c1ncc[nH]1. The van der Waals surface area contributed by atoms with Crippen molar-refractivity contribution in [3.8, 4) is 5.75 Å². The molecule has 0 fully saturated rings. The number of carbonyl (C=O) groups is 1. The molecule has 0 aliphatic carbocycles. The molecule has 0 spiro atoms. The number of rotatable bonds is 5. The zero-order chi connectivity index (χ0) is 14.5. The highest BCUT2D eigenvalue weighted by molar-refractivity contribution is 6.00. The number of anilines is 1. The summed E-state index contributed by atoms with van der Waals surface area (Å²) in [5.41, 5.74) is 6.65. The molecule has 1 aromatic carbocycles. The van der Waals surface area contributed by atoms with E-state index >= 15 is 0 Å². The maximum atomic E-state index is 12.3. The largest absolute Gasteiger partial charge is 0.495 e. The molecule has 0 radical (unpaired) electrons. The van der Waals surface area contributed by atoms with E-state index in [9.17, 15) is 4.79 Å². The molecular weight excluding hydrogens is 256 g/mol. The molecule has 106 valence electrons. The summed E-state index contributed by atoms with van der Waals surface area (Å²) in [6, 6.07) is 4.94. The lowest BCUT2D eigenvalue weighted by Crippen LogP contribution is -2.29. The first-order valence-electron chi connectivity index (χ1n) is 6.40. The quantitative estimate of drug-likeness (QED) is 0.726. The van der Waals surface area contributed by atoms with Gasteiger partial charge in [-0.1, -0.05) is 13.0 Å². The first-order chi connectivity index (χ1) is 9.67. The van der Waals surface area contributed by atoms with Crippen molar-refractivity contribution in [1.29, 1.82) is 0 Å². The molecule has 2 aromatic rings. The summed E-state index contributed by atoms with van der Waals surface area (Å²) in [4.78, 5) is 19.5. The van der Waals surface area contributed by atoms with Gasteiger partial charge >= 0.3 is 0 Å². The molecule has 0 aliphatic heterocycles. The highest BCUT2D eigenvalue weighted by Crippen LogP contribution is 2.25. The van der Waals surface area contributed by atoms with E-state index in [-0.39, 0.29) is 11.9 Å². The number of H-pyrrole nitrogens is 1. The number of nitrogen functional groups attached to an aromatic ring is 1. The minimum absolute atomic E-state index is 0.178. The van der Waals surface area contributed by atoms with E-state index in [0.717, 1.165) is 12.2 Å². The average Bonchev–Trinajstić information content (AvgIpc) is 2.98. The van der Waals surface area contributed by atoms with Gasteiger partial charge in [-0.3, -0.25) is 4.79 Å². The van der Waals surface area contributed by atoms with Crippen molar-refractivity contribution in [3.05, 3.63) is 42.0 Å². The Hall–Kier alpha value is -2.50. The van der Waals surface area contributed by atoms with E-state index in [0.29, 0.717) is 17.0 Å².